The van der Waals surface area contributed by atoms with Crippen molar-refractivity contribution in [2.24, 2.45) is 5.92 Å². The van der Waals surface area contributed by atoms with Crippen molar-refractivity contribution in [1.29, 1.82) is 0 Å². The van der Waals surface area contributed by atoms with E-state index in [1.807, 2.05) is 0 Å². The Labute approximate surface area is 44.5 Å². The van der Waals surface area contributed by atoms with Gasteiger partial charge in [0.25, 0.3) is 0 Å². The summed E-state index contributed by atoms with van der Waals surface area (Å²) in [5.41, 5.74) is 1.51. The van der Waals surface area contributed by atoms with Crippen LogP contribution in [-0.4, -0.2) is 0 Å². The Balaban J connectivity index is 2.26. The van der Waals surface area contributed by atoms with E-state index in [1.54, 1.807) is 0 Å². The van der Waals surface area contributed by atoms with E-state index in [-0.39, 0.29) is 0 Å². The maximum Gasteiger partial charge on any atom is 0.0157 e. The van der Waals surface area contributed by atoms with Crippen molar-refractivity contribution in [3.8, 4) is 0 Å². The molecule has 1 rings (SSSR count). The highest BCUT2D eigenvalue weighted by Crippen LogP contribution is 2.28. The lowest BCUT2D eigenvalue weighted by molar-refractivity contribution is 1.17. The molecule has 0 nitrogen and oxygen atoms in total. The molecular formula is C7H10. The van der Waals surface area contributed by atoms with Crippen LogP contribution in [0.4, 0.5) is 0 Å². The molecule has 0 aromatic heterocycles. The Morgan fingerprint density at radius 2 is 2.29 bits per heavy atom. The van der Waals surface area contributed by atoms with Gasteiger partial charge in [-0.1, -0.05) is 23.8 Å². The zero-order valence-electron chi connectivity index (χ0n) is 4.81. The highest BCUT2D eigenvalue weighted by atomic mass is 14.2. The average Bonchev–Trinajstić information content (AvgIpc) is 2.22. The van der Waals surface area contributed by atoms with E-state index in [0.29, 0.717) is 0 Å². The third kappa shape index (κ3) is 0.923. The van der Waals surface area contributed by atoms with Gasteiger partial charge in [-0.3, -0.25) is 0 Å². The second-order valence-electron chi connectivity index (χ2n) is 1.96. The van der Waals surface area contributed by atoms with Gasteiger partial charge in [-0.25, -0.2) is 0 Å². The van der Waals surface area contributed by atoms with Gasteiger partial charge in [0.05, 0.1) is 0 Å². The molecule has 1 unspecified atom stereocenters. The Hall–Kier alpha value is -0.520. The standard InChI is InChI=1S/C7H10/c1-3-4-7-5-6(7)2/h3-5,7H,1-2H3. The van der Waals surface area contributed by atoms with Gasteiger partial charge in [-0.05, 0) is 13.8 Å². The lowest BCUT2D eigenvalue weighted by Crippen LogP contribution is -1.65. The van der Waals surface area contributed by atoms with Crippen LogP contribution < -0.4 is 0 Å². The van der Waals surface area contributed by atoms with Crippen molar-refractivity contribution in [1.82, 2.24) is 0 Å². The summed E-state index contributed by atoms with van der Waals surface area (Å²) in [6, 6.07) is 0. The zero-order chi connectivity index (χ0) is 5.28. The van der Waals surface area contributed by atoms with Gasteiger partial charge in [0.15, 0.2) is 0 Å². The minimum Gasteiger partial charge on any atom is -0.0908 e. The number of hydrogen-bond acceptors (Lipinski definition) is 0. The molecule has 0 aromatic carbocycles. The first kappa shape index (κ1) is 4.63. The van der Waals surface area contributed by atoms with Crippen molar-refractivity contribution in [2.75, 3.05) is 0 Å². The van der Waals surface area contributed by atoms with Crippen LogP contribution in [0.5, 0.6) is 0 Å². The van der Waals surface area contributed by atoms with Gasteiger partial charge in [-0.2, -0.15) is 0 Å². The summed E-state index contributed by atoms with van der Waals surface area (Å²) in [6.45, 7) is 4.21. The van der Waals surface area contributed by atoms with E-state index in [9.17, 15) is 0 Å². The van der Waals surface area contributed by atoms with Crippen molar-refractivity contribution in [3.63, 3.8) is 0 Å². The fourth-order valence-corrected chi connectivity index (χ4v) is 0.650. The predicted molar refractivity (Wildman–Crippen MR) is 32.1 cm³/mol. The topological polar surface area (TPSA) is 0 Å². The molecule has 0 radical (unpaired) electrons. The number of rotatable bonds is 1. The largest absolute Gasteiger partial charge is 0.0908 e. The van der Waals surface area contributed by atoms with Gasteiger partial charge >= 0.3 is 0 Å². The van der Waals surface area contributed by atoms with E-state index < -0.39 is 0 Å². The molecule has 1 atom stereocenters. The summed E-state index contributed by atoms with van der Waals surface area (Å²) < 4.78 is 0. The second kappa shape index (κ2) is 1.53. The van der Waals surface area contributed by atoms with E-state index in [0.717, 1.165) is 5.92 Å². The van der Waals surface area contributed by atoms with Gasteiger partial charge < -0.3 is 0 Å². The first-order valence-corrected chi connectivity index (χ1v) is 2.65. The highest BCUT2D eigenvalue weighted by molar-refractivity contribution is 5.32. The van der Waals surface area contributed by atoms with Crippen molar-refractivity contribution < 1.29 is 0 Å². The molecule has 0 saturated carbocycles. The van der Waals surface area contributed by atoms with Crippen molar-refractivity contribution in [3.05, 3.63) is 23.8 Å². The van der Waals surface area contributed by atoms with Crippen molar-refractivity contribution >= 4 is 0 Å². The van der Waals surface area contributed by atoms with Crippen LogP contribution in [0.3, 0.4) is 0 Å². The first-order chi connectivity index (χ1) is 3.34. The molecule has 0 aromatic rings. The normalized spacial score (nSPS) is 28.3. The summed E-state index contributed by atoms with van der Waals surface area (Å²) in [4.78, 5) is 0. The molecular weight excluding hydrogens is 84.1 g/mol. The fraction of sp³-hybridized carbons (Fsp3) is 0.429. The van der Waals surface area contributed by atoms with Crippen LogP contribution in [0.2, 0.25) is 0 Å². The summed E-state index contributed by atoms with van der Waals surface area (Å²) in [7, 11) is 0. The molecule has 1 aliphatic rings. The Bertz CT molecular complexity index is 118. The maximum atomic E-state index is 2.25. The minimum atomic E-state index is 0.727. The fourth-order valence-electron chi connectivity index (χ4n) is 0.650. The monoisotopic (exact) mass is 94.1 g/mol. The predicted octanol–water partition coefficient (Wildman–Crippen LogP) is 2.14. The quantitative estimate of drug-likeness (QED) is 0.437. The number of hydrogen-bond donors (Lipinski definition) is 0. The van der Waals surface area contributed by atoms with Crippen LogP contribution in [0.15, 0.2) is 23.8 Å². The third-order valence-electron chi connectivity index (χ3n) is 1.26. The molecule has 0 N–H and O–H groups in total. The Kier molecular flexibility index (Phi) is 1.01. The van der Waals surface area contributed by atoms with Gasteiger partial charge in [-0.15, -0.1) is 0 Å². The molecule has 0 amide bonds. The molecule has 0 heteroatoms. The van der Waals surface area contributed by atoms with Crippen LogP contribution in [0.25, 0.3) is 0 Å². The van der Waals surface area contributed by atoms with E-state index in [1.165, 1.54) is 5.57 Å². The van der Waals surface area contributed by atoms with E-state index >= 15 is 0 Å². The second-order valence-corrected chi connectivity index (χ2v) is 1.96. The summed E-state index contributed by atoms with van der Waals surface area (Å²) in [6.07, 6.45) is 6.55. The molecule has 0 fully saturated rings. The molecule has 0 heterocycles. The lowest BCUT2D eigenvalue weighted by atomic mass is 10.3. The third-order valence-corrected chi connectivity index (χ3v) is 1.26. The Morgan fingerprint density at radius 3 is 2.43 bits per heavy atom. The SMILES string of the molecule is CC=CC1C=C1C. The van der Waals surface area contributed by atoms with Crippen LogP contribution in [0.1, 0.15) is 13.8 Å². The molecule has 0 bridgehead atoms. The smallest absolute Gasteiger partial charge is 0.0157 e. The number of allylic oxidation sites excluding steroid dienone is 4. The molecule has 7 heavy (non-hydrogen) atoms. The molecule has 0 spiro atoms. The molecule has 38 valence electrons. The minimum absolute atomic E-state index is 0.727. The van der Waals surface area contributed by atoms with Crippen LogP contribution in [0, 0.1) is 5.92 Å². The highest BCUT2D eigenvalue weighted by Gasteiger charge is 2.14. The van der Waals surface area contributed by atoms with E-state index in [2.05, 4.69) is 32.1 Å². The summed E-state index contributed by atoms with van der Waals surface area (Å²) >= 11 is 0. The summed E-state index contributed by atoms with van der Waals surface area (Å²) in [5.74, 6) is 0.727. The maximum absolute atomic E-state index is 2.25. The van der Waals surface area contributed by atoms with E-state index in [4.69, 9.17) is 0 Å². The van der Waals surface area contributed by atoms with Crippen molar-refractivity contribution in [2.45, 2.75) is 13.8 Å². The molecule has 0 saturated heterocycles. The van der Waals surface area contributed by atoms with Gasteiger partial charge in [0.2, 0.25) is 0 Å². The first-order valence-electron chi connectivity index (χ1n) is 2.65. The lowest BCUT2D eigenvalue weighted by Gasteiger charge is -1.78. The Morgan fingerprint density at radius 1 is 1.71 bits per heavy atom. The summed E-state index contributed by atoms with van der Waals surface area (Å²) in [5, 5.41) is 0. The zero-order valence-corrected chi connectivity index (χ0v) is 4.81. The van der Waals surface area contributed by atoms with Crippen LogP contribution >= 0.6 is 0 Å². The van der Waals surface area contributed by atoms with Gasteiger partial charge in [0, 0.05) is 5.92 Å². The average molecular weight is 94.2 g/mol. The van der Waals surface area contributed by atoms with Gasteiger partial charge in [0.1, 0.15) is 0 Å². The molecule has 1 aliphatic carbocycles. The van der Waals surface area contributed by atoms with Crippen LogP contribution in [-0.2, 0) is 0 Å². The molecule has 0 aliphatic heterocycles.